The summed E-state index contributed by atoms with van der Waals surface area (Å²) in [5.41, 5.74) is 0. The summed E-state index contributed by atoms with van der Waals surface area (Å²) in [4.78, 5) is 25.5. The molecule has 0 aliphatic rings. The van der Waals surface area contributed by atoms with Crippen molar-refractivity contribution in [3.63, 3.8) is 0 Å². The van der Waals surface area contributed by atoms with Crippen molar-refractivity contribution in [2.45, 2.75) is 348 Å². The van der Waals surface area contributed by atoms with E-state index < -0.39 is 6.10 Å². The number of ether oxygens (including phenoxy) is 3. The molecular formula is C61H118O5. The minimum absolute atomic E-state index is 0.0911. The molecule has 0 rings (SSSR count). The minimum Gasteiger partial charge on any atom is -0.462 e. The van der Waals surface area contributed by atoms with Gasteiger partial charge < -0.3 is 14.2 Å². The van der Waals surface area contributed by atoms with E-state index in [1.807, 2.05) is 0 Å². The number of carbonyl (C=O) groups is 2. The Balaban J connectivity index is 4.20. The third-order valence-corrected chi connectivity index (χ3v) is 13.8. The maximum atomic E-state index is 12.9. The summed E-state index contributed by atoms with van der Waals surface area (Å²) < 4.78 is 17.5. The second-order valence-corrected chi connectivity index (χ2v) is 20.6. The van der Waals surface area contributed by atoms with Gasteiger partial charge in [-0.1, -0.05) is 296 Å². The van der Waals surface area contributed by atoms with Gasteiger partial charge in [0, 0.05) is 19.4 Å². The molecule has 0 fully saturated rings. The molecule has 0 amide bonds. The Hall–Kier alpha value is -1.36. The minimum atomic E-state index is -0.531. The molecule has 1 atom stereocenters. The third-order valence-electron chi connectivity index (χ3n) is 13.8. The Bertz CT molecular complexity index is 963. The molecule has 5 nitrogen and oxygen atoms in total. The van der Waals surface area contributed by atoms with Crippen LogP contribution in [0.15, 0.2) is 12.2 Å². The van der Waals surface area contributed by atoms with Crippen molar-refractivity contribution >= 4 is 11.9 Å². The van der Waals surface area contributed by atoms with Gasteiger partial charge in [0.25, 0.3) is 0 Å². The Morgan fingerprint density at radius 1 is 0.318 bits per heavy atom. The van der Waals surface area contributed by atoms with E-state index in [9.17, 15) is 9.59 Å². The molecule has 0 aliphatic heterocycles. The van der Waals surface area contributed by atoms with Crippen LogP contribution >= 0.6 is 0 Å². The zero-order valence-corrected chi connectivity index (χ0v) is 45.2. The van der Waals surface area contributed by atoms with E-state index in [1.54, 1.807) is 0 Å². The maximum absolute atomic E-state index is 12.9. The molecule has 0 spiro atoms. The van der Waals surface area contributed by atoms with Gasteiger partial charge in [0.15, 0.2) is 6.10 Å². The first-order valence-corrected chi connectivity index (χ1v) is 30.2. The van der Waals surface area contributed by atoms with Gasteiger partial charge in [0.05, 0.1) is 6.61 Å². The molecule has 0 N–H and O–H groups in total. The van der Waals surface area contributed by atoms with Crippen molar-refractivity contribution in [2.75, 3.05) is 19.8 Å². The standard InChI is InChI=1S/C61H118O5/c1-4-7-10-13-16-19-22-25-28-30-31-32-34-37-40-43-46-49-52-55-61(63)66-59(57-64-56-53-50-47-44-41-38-35-29-26-23-20-17-14-11-8-5-2)58-65-60(62)54-51-48-45-42-39-36-33-27-24-21-18-15-12-9-6-3/h27,33,59H,4-26,28-32,34-58H2,1-3H3/b33-27-/t59-/m1/s1. The predicted molar refractivity (Wildman–Crippen MR) is 289 cm³/mol. The lowest BCUT2D eigenvalue weighted by Crippen LogP contribution is -2.30. The monoisotopic (exact) mass is 931 g/mol. The van der Waals surface area contributed by atoms with Crippen molar-refractivity contribution in [2.24, 2.45) is 0 Å². The van der Waals surface area contributed by atoms with Gasteiger partial charge in [-0.2, -0.15) is 0 Å². The smallest absolute Gasteiger partial charge is 0.306 e. The number of carbonyl (C=O) groups excluding carboxylic acids is 2. The maximum Gasteiger partial charge on any atom is 0.306 e. The molecule has 0 aromatic rings. The average Bonchev–Trinajstić information content (AvgIpc) is 3.32. The van der Waals surface area contributed by atoms with E-state index in [-0.39, 0.29) is 18.5 Å². The van der Waals surface area contributed by atoms with Gasteiger partial charge in [-0.3, -0.25) is 9.59 Å². The van der Waals surface area contributed by atoms with Crippen molar-refractivity contribution in [3.05, 3.63) is 12.2 Å². The van der Waals surface area contributed by atoms with Crippen molar-refractivity contribution in [1.82, 2.24) is 0 Å². The van der Waals surface area contributed by atoms with Crippen LogP contribution in [0.2, 0.25) is 0 Å². The van der Waals surface area contributed by atoms with Crippen molar-refractivity contribution in [3.8, 4) is 0 Å². The molecule has 0 unspecified atom stereocenters. The fraction of sp³-hybridized carbons (Fsp3) is 0.934. The zero-order chi connectivity index (χ0) is 47.7. The number of unbranched alkanes of at least 4 members (excludes halogenated alkanes) is 44. The van der Waals surface area contributed by atoms with E-state index in [1.165, 1.54) is 270 Å². The van der Waals surface area contributed by atoms with Gasteiger partial charge >= 0.3 is 11.9 Å². The van der Waals surface area contributed by atoms with Gasteiger partial charge in [-0.05, 0) is 44.9 Å². The van der Waals surface area contributed by atoms with Crippen LogP contribution in [-0.4, -0.2) is 37.9 Å². The fourth-order valence-corrected chi connectivity index (χ4v) is 9.27. The molecule has 392 valence electrons. The lowest BCUT2D eigenvalue weighted by molar-refractivity contribution is -0.163. The summed E-state index contributed by atoms with van der Waals surface area (Å²) in [6.07, 6.45) is 68.1. The first-order valence-electron chi connectivity index (χ1n) is 30.2. The SMILES string of the molecule is CCCCCCCC/C=C\CCCCCCCC(=O)OC[C@@H](COCCCCCCCCCCCCCCCCCC)OC(=O)CCCCCCCCCCCCCCCCCCCCC. The first-order chi connectivity index (χ1) is 32.6. The summed E-state index contributed by atoms with van der Waals surface area (Å²) in [5.74, 6) is -0.378. The molecule has 0 aromatic heterocycles. The molecule has 5 heteroatoms. The molecule has 0 bridgehead atoms. The Labute approximate surface area is 414 Å². The third kappa shape index (κ3) is 55.2. The zero-order valence-electron chi connectivity index (χ0n) is 45.2. The predicted octanol–water partition coefficient (Wildman–Crippen LogP) is 20.6. The number of rotatable bonds is 57. The van der Waals surface area contributed by atoms with Gasteiger partial charge in [0.2, 0.25) is 0 Å². The average molecular weight is 932 g/mol. The number of esters is 2. The fourth-order valence-electron chi connectivity index (χ4n) is 9.27. The normalized spacial score (nSPS) is 12.1. The molecule has 0 aliphatic carbocycles. The largest absolute Gasteiger partial charge is 0.462 e. The summed E-state index contributed by atoms with van der Waals surface area (Å²) in [6, 6.07) is 0. The Morgan fingerprint density at radius 2 is 0.591 bits per heavy atom. The highest BCUT2D eigenvalue weighted by molar-refractivity contribution is 5.70. The quantitative estimate of drug-likeness (QED) is 0.0345. The lowest BCUT2D eigenvalue weighted by atomic mass is 10.0. The van der Waals surface area contributed by atoms with E-state index in [4.69, 9.17) is 14.2 Å². The van der Waals surface area contributed by atoms with Crippen molar-refractivity contribution < 1.29 is 23.8 Å². The van der Waals surface area contributed by atoms with E-state index in [2.05, 4.69) is 32.9 Å². The van der Waals surface area contributed by atoms with Crippen LogP contribution in [0.1, 0.15) is 342 Å². The van der Waals surface area contributed by atoms with Crippen LogP contribution in [0.5, 0.6) is 0 Å². The molecule has 0 saturated heterocycles. The number of hydrogen-bond acceptors (Lipinski definition) is 5. The second kappa shape index (κ2) is 58.0. The highest BCUT2D eigenvalue weighted by Gasteiger charge is 2.18. The molecule has 0 heterocycles. The number of allylic oxidation sites excluding steroid dienone is 2. The second-order valence-electron chi connectivity index (χ2n) is 20.6. The van der Waals surface area contributed by atoms with E-state index >= 15 is 0 Å². The lowest BCUT2D eigenvalue weighted by Gasteiger charge is -2.18. The van der Waals surface area contributed by atoms with Crippen LogP contribution in [0.3, 0.4) is 0 Å². The van der Waals surface area contributed by atoms with Gasteiger partial charge in [0.1, 0.15) is 6.61 Å². The first kappa shape index (κ1) is 64.6. The summed E-state index contributed by atoms with van der Waals surface area (Å²) >= 11 is 0. The highest BCUT2D eigenvalue weighted by atomic mass is 16.6. The van der Waals surface area contributed by atoms with Crippen LogP contribution in [0, 0.1) is 0 Å². The summed E-state index contributed by atoms with van der Waals surface area (Å²) in [5, 5.41) is 0. The summed E-state index contributed by atoms with van der Waals surface area (Å²) in [7, 11) is 0. The molecule has 0 radical (unpaired) electrons. The van der Waals surface area contributed by atoms with Gasteiger partial charge in [-0.15, -0.1) is 0 Å². The molecule has 0 saturated carbocycles. The Morgan fingerprint density at radius 3 is 0.924 bits per heavy atom. The topological polar surface area (TPSA) is 61.8 Å². The molecular weight excluding hydrogens is 813 g/mol. The molecule has 66 heavy (non-hydrogen) atoms. The van der Waals surface area contributed by atoms with Gasteiger partial charge in [-0.25, -0.2) is 0 Å². The Kier molecular flexibility index (Phi) is 56.8. The number of hydrogen-bond donors (Lipinski definition) is 0. The van der Waals surface area contributed by atoms with Crippen molar-refractivity contribution in [1.29, 1.82) is 0 Å². The van der Waals surface area contributed by atoms with Crippen LogP contribution < -0.4 is 0 Å². The van der Waals surface area contributed by atoms with E-state index in [0.29, 0.717) is 26.1 Å². The van der Waals surface area contributed by atoms with Crippen LogP contribution in [0.25, 0.3) is 0 Å². The summed E-state index contributed by atoms with van der Waals surface area (Å²) in [6.45, 7) is 7.91. The van der Waals surface area contributed by atoms with E-state index in [0.717, 1.165) is 38.5 Å². The molecule has 0 aromatic carbocycles. The van der Waals surface area contributed by atoms with Crippen LogP contribution in [-0.2, 0) is 23.8 Å². The highest BCUT2D eigenvalue weighted by Crippen LogP contribution is 2.17. The van der Waals surface area contributed by atoms with Crippen LogP contribution in [0.4, 0.5) is 0 Å².